The summed E-state index contributed by atoms with van der Waals surface area (Å²) in [6.07, 6.45) is 4.33. The van der Waals surface area contributed by atoms with Gasteiger partial charge in [-0.1, -0.05) is 0 Å². The van der Waals surface area contributed by atoms with Crippen LogP contribution in [-0.4, -0.2) is 29.9 Å². The van der Waals surface area contributed by atoms with E-state index < -0.39 is 7.12 Å². The van der Waals surface area contributed by atoms with E-state index in [1.165, 1.54) is 12.8 Å². The molecule has 2 heterocycles. The average molecular weight is 275 g/mol. The molecule has 5 heteroatoms. The lowest BCUT2D eigenvalue weighted by molar-refractivity contribution is 0.00578. The molecular formula is C15H22BNO3. The summed E-state index contributed by atoms with van der Waals surface area (Å²) in [5.74, 6) is 1.58. The van der Waals surface area contributed by atoms with Crippen molar-refractivity contribution in [2.45, 2.75) is 51.7 Å². The fourth-order valence-electron chi connectivity index (χ4n) is 2.11. The van der Waals surface area contributed by atoms with Gasteiger partial charge >= 0.3 is 7.12 Å². The zero-order valence-corrected chi connectivity index (χ0v) is 12.7. The zero-order valence-electron chi connectivity index (χ0n) is 12.7. The lowest BCUT2D eigenvalue weighted by Crippen LogP contribution is -2.41. The van der Waals surface area contributed by atoms with E-state index in [1.807, 2.05) is 39.8 Å². The van der Waals surface area contributed by atoms with Crippen LogP contribution in [0.2, 0.25) is 0 Å². The maximum atomic E-state index is 6.00. The Balaban J connectivity index is 1.72. The Morgan fingerprint density at radius 1 is 1.25 bits per heavy atom. The predicted molar refractivity (Wildman–Crippen MR) is 78.2 cm³/mol. The number of nitrogens with zero attached hydrogens (tertiary/aromatic N) is 1. The van der Waals surface area contributed by atoms with Crippen LogP contribution in [0.15, 0.2) is 18.3 Å². The largest absolute Gasteiger partial charge is 0.514 e. The minimum Gasteiger partial charge on any atom is -0.493 e. The van der Waals surface area contributed by atoms with Crippen molar-refractivity contribution in [3.8, 4) is 5.75 Å². The second-order valence-electron chi connectivity index (χ2n) is 6.76. The molecule has 1 aromatic heterocycles. The van der Waals surface area contributed by atoms with Gasteiger partial charge in [0.2, 0.25) is 0 Å². The van der Waals surface area contributed by atoms with Gasteiger partial charge in [-0.05, 0) is 58.6 Å². The third-order valence-corrected chi connectivity index (χ3v) is 4.43. The molecule has 0 aromatic carbocycles. The van der Waals surface area contributed by atoms with Gasteiger partial charge in [-0.15, -0.1) is 0 Å². The molecular weight excluding hydrogens is 253 g/mol. The minimum atomic E-state index is -0.426. The van der Waals surface area contributed by atoms with Gasteiger partial charge < -0.3 is 14.0 Å². The van der Waals surface area contributed by atoms with Crippen molar-refractivity contribution >= 4 is 12.7 Å². The fraction of sp³-hybridized carbons (Fsp3) is 0.667. The van der Waals surface area contributed by atoms with E-state index in [2.05, 4.69) is 4.98 Å². The number of rotatable bonds is 4. The Bertz CT molecular complexity index is 484. The first kappa shape index (κ1) is 13.9. The highest BCUT2D eigenvalue weighted by Gasteiger charge is 2.52. The Hall–Kier alpha value is -1.07. The van der Waals surface area contributed by atoms with Crippen LogP contribution in [0, 0.1) is 5.92 Å². The molecule has 1 saturated carbocycles. The van der Waals surface area contributed by atoms with Crippen molar-refractivity contribution in [2.24, 2.45) is 5.92 Å². The van der Waals surface area contributed by atoms with Crippen LogP contribution in [0.3, 0.4) is 0 Å². The van der Waals surface area contributed by atoms with E-state index in [-0.39, 0.29) is 11.2 Å². The molecule has 2 fully saturated rings. The normalized spacial score (nSPS) is 23.9. The summed E-state index contributed by atoms with van der Waals surface area (Å²) < 4.78 is 17.8. The molecule has 0 atom stereocenters. The topological polar surface area (TPSA) is 40.6 Å². The SMILES string of the molecule is CC1(C)OB(c2cc(OCC3CC3)ccn2)OC1(C)C. The molecule has 0 spiro atoms. The monoisotopic (exact) mass is 275 g/mol. The highest BCUT2D eigenvalue weighted by atomic mass is 16.7. The Morgan fingerprint density at radius 3 is 2.50 bits per heavy atom. The van der Waals surface area contributed by atoms with E-state index in [0.29, 0.717) is 0 Å². The summed E-state index contributed by atoms with van der Waals surface area (Å²) in [5, 5.41) is 0. The van der Waals surface area contributed by atoms with E-state index in [0.717, 1.165) is 23.9 Å². The molecule has 0 radical (unpaired) electrons. The first-order valence-corrected chi connectivity index (χ1v) is 7.32. The fourth-order valence-corrected chi connectivity index (χ4v) is 2.11. The standard InChI is InChI=1S/C15H22BNO3/c1-14(2)15(3,4)20-16(19-14)13-9-12(7-8-17-13)18-10-11-5-6-11/h7-9,11H,5-6,10H2,1-4H3. The van der Waals surface area contributed by atoms with Gasteiger partial charge in [-0.25, -0.2) is 0 Å². The summed E-state index contributed by atoms with van der Waals surface area (Å²) in [6.45, 7) is 8.97. The zero-order chi connectivity index (χ0) is 14.4. The Kier molecular flexibility index (Phi) is 3.29. The minimum absolute atomic E-state index is 0.343. The van der Waals surface area contributed by atoms with Crippen LogP contribution in [0.1, 0.15) is 40.5 Å². The molecule has 0 unspecified atom stereocenters. The lowest BCUT2D eigenvalue weighted by Gasteiger charge is -2.32. The van der Waals surface area contributed by atoms with Gasteiger partial charge in [0.15, 0.2) is 0 Å². The summed E-state index contributed by atoms with van der Waals surface area (Å²) >= 11 is 0. The molecule has 1 aliphatic heterocycles. The van der Waals surface area contributed by atoms with Crippen molar-refractivity contribution in [2.75, 3.05) is 6.61 Å². The van der Waals surface area contributed by atoms with Gasteiger partial charge in [-0.2, -0.15) is 0 Å². The highest BCUT2D eigenvalue weighted by Crippen LogP contribution is 2.36. The molecule has 0 N–H and O–H groups in total. The highest BCUT2D eigenvalue weighted by molar-refractivity contribution is 6.61. The second kappa shape index (κ2) is 4.74. The number of hydrogen-bond acceptors (Lipinski definition) is 4. The Morgan fingerprint density at radius 2 is 1.90 bits per heavy atom. The van der Waals surface area contributed by atoms with E-state index in [9.17, 15) is 0 Å². The Labute approximate surface area is 121 Å². The molecule has 3 rings (SSSR count). The lowest BCUT2D eigenvalue weighted by atomic mass is 9.84. The van der Waals surface area contributed by atoms with Crippen molar-refractivity contribution in [1.82, 2.24) is 4.98 Å². The van der Waals surface area contributed by atoms with Crippen LogP contribution < -0.4 is 10.3 Å². The van der Waals surface area contributed by atoms with Crippen molar-refractivity contribution in [3.63, 3.8) is 0 Å². The molecule has 4 nitrogen and oxygen atoms in total. The van der Waals surface area contributed by atoms with Crippen LogP contribution in [-0.2, 0) is 9.31 Å². The molecule has 2 aliphatic rings. The van der Waals surface area contributed by atoms with Crippen LogP contribution >= 0.6 is 0 Å². The predicted octanol–water partition coefficient (Wildman–Crippen LogP) is 2.17. The van der Waals surface area contributed by atoms with Gasteiger partial charge in [0.25, 0.3) is 0 Å². The number of ether oxygens (including phenoxy) is 1. The number of aromatic nitrogens is 1. The molecule has 1 saturated heterocycles. The molecule has 0 amide bonds. The first-order chi connectivity index (χ1) is 9.37. The summed E-state index contributed by atoms with van der Waals surface area (Å²) in [6, 6.07) is 3.81. The van der Waals surface area contributed by atoms with E-state index >= 15 is 0 Å². The van der Waals surface area contributed by atoms with Gasteiger partial charge in [0.1, 0.15) is 5.75 Å². The third-order valence-electron chi connectivity index (χ3n) is 4.43. The maximum Gasteiger partial charge on any atom is 0.514 e. The third kappa shape index (κ3) is 2.70. The summed E-state index contributed by atoms with van der Waals surface area (Å²) in [5.41, 5.74) is 0.0889. The van der Waals surface area contributed by atoms with Crippen molar-refractivity contribution in [3.05, 3.63) is 18.3 Å². The van der Waals surface area contributed by atoms with E-state index in [4.69, 9.17) is 14.0 Å². The quantitative estimate of drug-likeness (QED) is 0.790. The van der Waals surface area contributed by atoms with Crippen LogP contribution in [0.25, 0.3) is 0 Å². The summed E-state index contributed by atoms with van der Waals surface area (Å²) in [4.78, 5) is 4.37. The first-order valence-electron chi connectivity index (χ1n) is 7.32. The van der Waals surface area contributed by atoms with Gasteiger partial charge in [-0.3, -0.25) is 4.98 Å². The van der Waals surface area contributed by atoms with Crippen LogP contribution in [0.5, 0.6) is 5.75 Å². The van der Waals surface area contributed by atoms with E-state index in [1.54, 1.807) is 6.20 Å². The van der Waals surface area contributed by atoms with Crippen molar-refractivity contribution < 1.29 is 14.0 Å². The number of pyridine rings is 1. The molecule has 1 aromatic rings. The van der Waals surface area contributed by atoms with Gasteiger partial charge in [0.05, 0.1) is 23.4 Å². The second-order valence-corrected chi connectivity index (χ2v) is 6.76. The van der Waals surface area contributed by atoms with Crippen LogP contribution in [0.4, 0.5) is 0 Å². The summed E-state index contributed by atoms with van der Waals surface area (Å²) in [7, 11) is -0.426. The molecule has 0 bridgehead atoms. The maximum absolute atomic E-state index is 6.00. The van der Waals surface area contributed by atoms with Gasteiger partial charge in [0, 0.05) is 6.20 Å². The van der Waals surface area contributed by atoms with Crippen molar-refractivity contribution in [1.29, 1.82) is 0 Å². The smallest absolute Gasteiger partial charge is 0.493 e. The molecule has 108 valence electrons. The average Bonchev–Trinajstić information content (AvgIpc) is 3.15. The molecule has 20 heavy (non-hydrogen) atoms. The molecule has 1 aliphatic carbocycles. The number of hydrogen-bond donors (Lipinski definition) is 0.